The lowest BCUT2D eigenvalue weighted by Crippen LogP contribution is -2.47. The fraction of sp³-hybridized carbons (Fsp3) is 0.421. The van der Waals surface area contributed by atoms with Gasteiger partial charge in [0.2, 0.25) is 5.91 Å². The second kappa shape index (κ2) is 7.97. The van der Waals surface area contributed by atoms with Crippen LogP contribution in [0.15, 0.2) is 24.3 Å². The lowest BCUT2D eigenvalue weighted by atomic mass is 10.1. The van der Waals surface area contributed by atoms with Crippen molar-refractivity contribution in [2.24, 2.45) is 0 Å². The molecule has 0 unspecified atom stereocenters. The third-order valence-electron chi connectivity index (χ3n) is 4.55. The number of amides is 2. The van der Waals surface area contributed by atoms with Gasteiger partial charge in [0.25, 0.3) is 5.91 Å². The molecule has 0 saturated carbocycles. The molecule has 1 aromatic heterocycles. The molecule has 2 aromatic rings. The zero-order chi connectivity index (χ0) is 18.7. The number of hydrogen-bond acceptors (Lipinski definition) is 5. The summed E-state index contributed by atoms with van der Waals surface area (Å²) in [5, 5.41) is 3.81. The summed E-state index contributed by atoms with van der Waals surface area (Å²) < 4.78 is 0. The van der Waals surface area contributed by atoms with Crippen LogP contribution in [0.2, 0.25) is 0 Å². The number of benzene rings is 1. The van der Waals surface area contributed by atoms with Crippen molar-refractivity contribution in [3.05, 3.63) is 45.4 Å². The zero-order valence-electron chi connectivity index (χ0n) is 15.4. The molecule has 3 rings (SSSR count). The number of nitrogens with zero attached hydrogens (tertiary/aromatic N) is 3. The van der Waals surface area contributed by atoms with E-state index in [4.69, 9.17) is 0 Å². The highest BCUT2D eigenvalue weighted by Crippen LogP contribution is 2.19. The number of piperazine rings is 1. The summed E-state index contributed by atoms with van der Waals surface area (Å²) in [4.78, 5) is 33.2. The maximum atomic E-state index is 12.3. The standard InChI is InChI=1S/C19H24N4O2S/c1-13-18(20-14(2)26-13)19(25)21-17-6-4-16(5-7-17)12-22-8-10-23(11-9-22)15(3)24/h4-7H,8-12H2,1-3H3,(H,21,25). The van der Waals surface area contributed by atoms with E-state index >= 15 is 0 Å². The predicted molar refractivity (Wildman–Crippen MR) is 104 cm³/mol. The molecular formula is C19H24N4O2S. The van der Waals surface area contributed by atoms with Gasteiger partial charge in [0.1, 0.15) is 5.69 Å². The quantitative estimate of drug-likeness (QED) is 0.896. The van der Waals surface area contributed by atoms with Crippen molar-refractivity contribution >= 4 is 28.8 Å². The molecule has 1 aliphatic rings. The van der Waals surface area contributed by atoms with Gasteiger partial charge in [-0.25, -0.2) is 4.98 Å². The van der Waals surface area contributed by atoms with Crippen LogP contribution in [0.5, 0.6) is 0 Å². The van der Waals surface area contributed by atoms with E-state index in [1.54, 1.807) is 6.92 Å². The van der Waals surface area contributed by atoms with Crippen LogP contribution in [0.1, 0.15) is 32.9 Å². The first-order valence-corrected chi connectivity index (χ1v) is 9.56. The third kappa shape index (κ3) is 4.47. The SMILES string of the molecule is CC(=O)N1CCN(Cc2ccc(NC(=O)c3nc(C)sc3C)cc2)CC1. The van der Waals surface area contributed by atoms with Crippen LogP contribution in [0, 0.1) is 13.8 Å². The highest BCUT2D eigenvalue weighted by Gasteiger charge is 2.18. The van der Waals surface area contributed by atoms with Crippen LogP contribution < -0.4 is 5.32 Å². The van der Waals surface area contributed by atoms with Crippen LogP contribution in [-0.2, 0) is 11.3 Å². The second-order valence-corrected chi connectivity index (χ2v) is 7.98. The molecule has 6 nitrogen and oxygen atoms in total. The number of carbonyl (C=O) groups excluding carboxylic acids is 2. The van der Waals surface area contributed by atoms with Gasteiger partial charge in [0, 0.05) is 50.2 Å². The van der Waals surface area contributed by atoms with Gasteiger partial charge >= 0.3 is 0 Å². The number of carbonyl (C=O) groups is 2. The molecule has 1 aromatic carbocycles. The van der Waals surface area contributed by atoms with E-state index in [9.17, 15) is 9.59 Å². The van der Waals surface area contributed by atoms with Crippen molar-refractivity contribution < 1.29 is 9.59 Å². The Morgan fingerprint density at radius 3 is 2.31 bits per heavy atom. The van der Waals surface area contributed by atoms with Crippen LogP contribution in [0.25, 0.3) is 0 Å². The minimum atomic E-state index is -0.167. The first-order chi connectivity index (χ1) is 12.4. The number of aryl methyl sites for hydroxylation is 2. The van der Waals surface area contributed by atoms with Crippen molar-refractivity contribution in [1.29, 1.82) is 0 Å². The predicted octanol–water partition coefficient (Wildman–Crippen LogP) is 2.68. The molecule has 0 aliphatic carbocycles. The number of anilines is 1. The molecule has 26 heavy (non-hydrogen) atoms. The Bertz CT molecular complexity index is 792. The highest BCUT2D eigenvalue weighted by molar-refractivity contribution is 7.11. The largest absolute Gasteiger partial charge is 0.340 e. The number of thiazole rings is 1. The fourth-order valence-corrected chi connectivity index (χ4v) is 3.92. The van der Waals surface area contributed by atoms with Crippen LogP contribution in [0.3, 0.4) is 0 Å². The minimum absolute atomic E-state index is 0.148. The second-order valence-electron chi connectivity index (χ2n) is 6.57. The smallest absolute Gasteiger partial charge is 0.275 e. The van der Waals surface area contributed by atoms with Crippen molar-refractivity contribution in [3.63, 3.8) is 0 Å². The molecule has 0 spiro atoms. The Morgan fingerprint density at radius 2 is 1.77 bits per heavy atom. The normalized spacial score (nSPS) is 15.1. The summed E-state index contributed by atoms with van der Waals surface area (Å²) in [6.07, 6.45) is 0. The van der Waals surface area contributed by atoms with Crippen molar-refractivity contribution in [3.8, 4) is 0 Å². The van der Waals surface area contributed by atoms with E-state index in [1.165, 1.54) is 16.9 Å². The zero-order valence-corrected chi connectivity index (χ0v) is 16.2. The van der Waals surface area contributed by atoms with Gasteiger partial charge in [-0.15, -0.1) is 11.3 Å². The number of aromatic nitrogens is 1. The molecule has 7 heteroatoms. The molecule has 1 N–H and O–H groups in total. The van der Waals surface area contributed by atoms with E-state index < -0.39 is 0 Å². The molecule has 1 aliphatic heterocycles. The number of rotatable bonds is 4. The van der Waals surface area contributed by atoms with Crippen molar-refractivity contribution in [2.45, 2.75) is 27.3 Å². The molecule has 1 saturated heterocycles. The molecule has 2 amide bonds. The monoisotopic (exact) mass is 372 g/mol. The molecule has 0 radical (unpaired) electrons. The van der Waals surface area contributed by atoms with Crippen molar-refractivity contribution in [2.75, 3.05) is 31.5 Å². The first-order valence-electron chi connectivity index (χ1n) is 8.74. The topological polar surface area (TPSA) is 65.5 Å². The highest BCUT2D eigenvalue weighted by atomic mass is 32.1. The van der Waals surface area contributed by atoms with Gasteiger partial charge in [-0.1, -0.05) is 12.1 Å². The van der Waals surface area contributed by atoms with Crippen LogP contribution in [-0.4, -0.2) is 52.8 Å². The summed E-state index contributed by atoms with van der Waals surface area (Å²) in [5.74, 6) is -0.0183. The van der Waals surface area contributed by atoms with Gasteiger partial charge in [0.05, 0.1) is 5.01 Å². The lowest BCUT2D eigenvalue weighted by molar-refractivity contribution is -0.130. The molecule has 1 fully saturated rings. The summed E-state index contributed by atoms with van der Waals surface area (Å²) in [7, 11) is 0. The van der Waals surface area contributed by atoms with Crippen molar-refractivity contribution in [1.82, 2.24) is 14.8 Å². The molecule has 0 atom stereocenters. The Balaban J connectivity index is 1.55. The van der Waals surface area contributed by atoms with Gasteiger partial charge < -0.3 is 10.2 Å². The van der Waals surface area contributed by atoms with Gasteiger partial charge in [0.15, 0.2) is 0 Å². The maximum absolute atomic E-state index is 12.3. The van der Waals surface area contributed by atoms with E-state index in [0.29, 0.717) is 5.69 Å². The van der Waals surface area contributed by atoms with Crippen LogP contribution in [0.4, 0.5) is 5.69 Å². The average Bonchev–Trinajstić information content (AvgIpc) is 2.95. The van der Waals surface area contributed by atoms with E-state index in [1.807, 2.05) is 43.0 Å². The van der Waals surface area contributed by atoms with E-state index in [2.05, 4.69) is 15.2 Å². The van der Waals surface area contributed by atoms with Crippen LogP contribution >= 0.6 is 11.3 Å². The minimum Gasteiger partial charge on any atom is -0.340 e. The third-order valence-corrected chi connectivity index (χ3v) is 5.44. The maximum Gasteiger partial charge on any atom is 0.275 e. The summed E-state index contributed by atoms with van der Waals surface area (Å²) in [6.45, 7) is 9.64. The van der Waals surface area contributed by atoms with E-state index in [-0.39, 0.29) is 11.8 Å². The van der Waals surface area contributed by atoms with E-state index in [0.717, 1.165) is 48.3 Å². The van der Waals surface area contributed by atoms with Gasteiger partial charge in [-0.3, -0.25) is 14.5 Å². The fourth-order valence-electron chi connectivity index (χ4n) is 3.10. The Hall–Kier alpha value is -2.25. The molecule has 2 heterocycles. The number of hydrogen-bond donors (Lipinski definition) is 1. The Morgan fingerprint density at radius 1 is 1.12 bits per heavy atom. The molecule has 0 bridgehead atoms. The lowest BCUT2D eigenvalue weighted by Gasteiger charge is -2.34. The van der Waals surface area contributed by atoms with Gasteiger partial charge in [-0.05, 0) is 31.5 Å². The Labute approximate surface area is 157 Å². The Kier molecular flexibility index (Phi) is 5.68. The van der Waals surface area contributed by atoms with Gasteiger partial charge in [-0.2, -0.15) is 0 Å². The first kappa shape index (κ1) is 18.5. The summed E-state index contributed by atoms with van der Waals surface area (Å²) in [6, 6.07) is 7.92. The molecule has 138 valence electrons. The average molecular weight is 372 g/mol. The number of nitrogens with one attached hydrogen (secondary N) is 1. The molecular weight excluding hydrogens is 348 g/mol. The summed E-state index contributed by atoms with van der Waals surface area (Å²) in [5.41, 5.74) is 2.46. The summed E-state index contributed by atoms with van der Waals surface area (Å²) >= 11 is 1.53.